The number of nitrogens with one attached hydrogen (secondary N) is 2. The summed E-state index contributed by atoms with van der Waals surface area (Å²) < 4.78 is 16.9. The van der Waals surface area contributed by atoms with E-state index < -0.39 is 0 Å². The van der Waals surface area contributed by atoms with Gasteiger partial charge in [-0.25, -0.2) is 0 Å². The fraction of sp³-hybridized carbons (Fsp3) is 0.438. The second kappa shape index (κ2) is 8.11. The zero-order valence-electron chi connectivity index (χ0n) is 13.9. The zero-order valence-corrected chi connectivity index (χ0v) is 15.5. The third-order valence-electron chi connectivity index (χ3n) is 3.89. The van der Waals surface area contributed by atoms with Crippen molar-refractivity contribution in [2.45, 2.75) is 23.3 Å². The number of carbonyl (C=O) groups is 1. The molecule has 26 heavy (non-hydrogen) atoms. The fourth-order valence-corrected chi connectivity index (χ4v) is 4.20. The lowest BCUT2D eigenvalue weighted by Crippen LogP contribution is -2.18. The van der Waals surface area contributed by atoms with Gasteiger partial charge in [0.2, 0.25) is 17.8 Å². The van der Waals surface area contributed by atoms with Crippen LogP contribution in [0.15, 0.2) is 22.5 Å². The summed E-state index contributed by atoms with van der Waals surface area (Å²) in [5.41, 5.74) is 0.677. The standard InChI is InChI=1S/C16H18N4O4S2/c21-14(18-10-3-4-12-13(6-10)24-9-23-12)8-25-16-20-19-15(26-16)17-7-11-2-1-5-22-11/h3-4,6,11H,1-2,5,7-9H2,(H,17,19)(H,18,21)/t11-/m1/s1. The minimum absolute atomic E-state index is 0.113. The number of thioether (sulfide) groups is 1. The van der Waals surface area contributed by atoms with E-state index >= 15 is 0 Å². The second-order valence-corrected chi connectivity index (χ2v) is 7.99. The van der Waals surface area contributed by atoms with Crippen LogP contribution < -0.4 is 20.1 Å². The molecule has 1 fully saturated rings. The van der Waals surface area contributed by atoms with Gasteiger partial charge in [0, 0.05) is 24.9 Å². The third kappa shape index (κ3) is 4.37. The Morgan fingerprint density at radius 3 is 3.12 bits per heavy atom. The Kier molecular flexibility index (Phi) is 5.42. The number of carbonyl (C=O) groups excluding carboxylic acids is 1. The summed E-state index contributed by atoms with van der Waals surface area (Å²) in [6, 6.07) is 5.32. The number of anilines is 2. The van der Waals surface area contributed by atoms with Crippen LogP contribution in [0.25, 0.3) is 0 Å². The molecule has 2 aliphatic heterocycles. The third-order valence-corrected chi connectivity index (χ3v) is 5.91. The first-order valence-corrected chi connectivity index (χ1v) is 10.1. The molecule has 138 valence electrons. The summed E-state index contributed by atoms with van der Waals surface area (Å²) in [6.45, 7) is 1.79. The Morgan fingerprint density at radius 1 is 1.31 bits per heavy atom. The average Bonchev–Trinajstić information content (AvgIpc) is 3.38. The highest BCUT2D eigenvalue weighted by Crippen LogP contribution is 2.34. The van der Waals surface area contributed by atoms with E-state index in [9.17, 15) is 4.79 Å². The van der Waals surface area contributed by atoms with Gasteiger partial charge in [-0.05, 0) is 25.0 Å². The molecule has 1 atom stereocenters. The van der Waals surface area contributed by atoms with Crippen LogP contribution in [0.1, 0.15) is 12.8 Å². The van der Waals surface area contributed by atoms with Crippen LogP contribution in [0.4, 0.5) is 10.8 Å². The van der Waals surface area contributed by atoms with Crippen LogP contribution in [-0.4, -0.2) is 47.9 Å². The highest BCUT2D eigenvalue weighted by Gasteiger charge is 2.17. The van der Waals surface area contributed by atoms with E-state index in [1.165, 1.54) is 23.1 Å². The first kappa shape index (κ1) is 17.4. The Balaban J connectivity index is 1.23. The van der Waals surface area contributed by atoms with Gasteiger partial charge in [0.05, 0.1) is 11.9 Å². The Labute approximate surface area is 158 Å². The highest BCUT2D eigenvalue weighted by atomic mass is 32.2. The van der Waals surface area contributed by atoms with Crippen molar-refractivity contribution in [3.8, 4) is 11.5 Å². The minimum Gasteiger partial charge on any atom is -0.454 e. The van der Waals surface area contributed by atoms with Crippen molar-refractivity contribution in [3.63, 3.8) is 0 Å². The largest absolute Gasteiger partial charge is 0.454 e. The van der Waals surface area contributed by atoms with E-state index in [4.69, 9.17) is 14.2 Å². The molecule has 1 aromatic heterocycles. The van der Waals surface area contributed by atoms with E-state index in [0.29, 0.717) is 17.2 Å². The molecule has 1 aromatic carbocycles. The van der Waals surface area contributed by atoms with Gasteiger partial charge in [-0.1, -0.05) is 23.1 Å². The van der Waals surface area contributed by atoms with Crippen molar-refractivity contribution in [3.05, 3.63) is 18.2 Å². The van der Waals surface area contributed by atoms with E-state index in [1.54, 1.807) is 18.2 Å². The van der Waals surface area contributed by atoms with Gasteiger partial charge < -0.3 is 24.8 Å². The maximum Gasteiger partial charge on any atom is 0.234 e. The number of fused-ring (bicyclic) bond motifs is 1. The molecule has 4 rings (SSSR count). The van der Waals surface area contributed by atoms with Crippen LogP contribution in [0.2, 0.25) is 0 Å². The number of amides is 1. The molecule has 0 radical (unpaired) electrons. The van der Waals surface area contributed by atoms with Crippen molar-refractivity contribution in [1.29, 1.82) is 0 Å². The Hall–Kier alpha value is -2.04. The highest BCUT2D eigenvalue weighted by molar-refractivity contribution is 8.01. The van der Waals surface area contributed by atoms with E-state index in [0.717, 1.165) is 35.5 Å². The number of rotatable bonds is 7. The summed E-state index contributed by atoms with van der Waals surface area (Å²) in [5.74, 6) is 1.48. The van der Waals surface area contributed by atoms with E-state index in [-0.39, 0.29) is 24.6 Å². The quantitative estimate of drug-likeness (QED) is 0.692. The summed E-state index contributed by atoms with van der Waals surface area (Å²) in [6.07, 6.45) is 2.44. The van der Waals surface area contributed by atoms with Gasteiger partial charge in [0.1, 0.15) is 0 Å². The SMILES string of the molecule is O=C(CSc1nnc(NC[C@H]2CCCO2)s1)Nc1ccc2c(c1)OCO2. The predicted molar refractivity (Wildman–Crippen MR) is 99.3 cm³/mol. The lowest BCUT2D eigenvalue weighted by Gasteiger charge is -2.08. The molecule has 1 saturated heterocycles. The molecule has 2 N–H and O–H groups in total. The number of ether oxygens (including phenoxy) is 3. The molecule has 0 aliphatic carbocycles. The molecule has 0 saturated carbocycles. The van der Waals surface area contributed by atoms with Gasteiger partial charge in [-0.15, -0.1) is 10.2 Å². The van der Waals surface area contributed by atoms with Crippen molar-refractivity contribution in [2.75, 3.05) is 36.3 Å². The second-order valence-electron chi connectivity index (χ2n) is 5.79. The number of hydrogen-bond donors (Lipinski definition) is 2. The molecule has 2 aromatic rings. The fourth-order valence-electron chi connectivity index (χ4n) is 2.64. The lowest BCUT2D eigenvalue weighted by molar-refractivity contribution is -0.113. The monoisotopic (exact) mass is 394 g/mol. The first-order chi connectivity index (χ1) is 12.8. The van der Waals surface area contributed by atoms with Crippen molar-refractivity contribution in [1.82, 2.24) is 10.2 Å². The summed E-state index contributed by atoms with van der Waals surface area (Å²) in [7, 11) is 0. The minimum atomic E-state index is -0.113. The number of nitrogens with zero attached hydrogens (tertiary/aromatic N) is 2. The molecule has 1 amide bonds. The molecule has 10 heteroatoms. The molecule has 3 heterocycles. The first-order valence-electron chi connectivity index (χ1n) is 8.27. The van der Waals surface area contributed by atoms with Crippen molar-refractivity contribution < 1.29 is 19.0 Å². The van der Waals surface area contributed by atoms with Gasteiger partial charge in [-0.2, -0.15) is 0 Å². The zero-order chi connectivity index (χ0) is 17.8. The van der Waals surface area contributed by atoms with Crippen LogP contribution in [0.5, 0.6) is 11.5 Å². The van der Waals surface area contributed by atoms with E-state index in [1.807, 2.05) is 0 Å². The lowest BCUT2D eigenvalue weighted by atomic mass is 10.2. The van der Waals surface area contributed by atoms with Gasteiger partial charge in [-0.3, -0.25) is 4.79 Å². The predicted octanol–water partition coefficient (Wildman–Crippen LogP) is 2.59. The normalized spacial score (nSPS) is 18.1. The smallest absolute Gasteiger partial charge is 0.234 e. The Morgan fingerprint density at radius 2 is 2.23 bits per heavy atom. The van der Waals surface area contributed by atoms with Gasteiger partial charge in [0.25, 0.3) is 0 Å². The van der Waals surface area contributed by atoms with Gasteiger partial charge in [0.15, 0.2) is 15.8 Å². The van der Waals surface area contributed by atoms with Crippen molar-refractivity contribution in [2.24, 2.45) is 0 Å². The molecule has 0 bridgehead atoms. The number of aromatic nitrogens is 2. The maximum atomic E-state index is 12.1. The maximum absolute atomic E-state index is 12.1. The molecule has 8 nitrogen and oxygen atoms in total. The topological polar surface area (TPSA) is 94.6 Å². The number of benzene rings is 1. The summed E-state index contributed by atoms with van der Waals surface area (Å²) in [5, 5.41) is 15.0. The summed E-state index contributed by atoms with van der Waals surface area (Å²) in [4.78, 5) is 12.1. The average molecular weight is 394 g/mol. The molecule has 2 aliphatic rings. The van der Waals surface area contributed by atoms with E-state index in [2.05, 4.69) is 20.8 Å². The molecular formula is C16H18N4O4S2. The summed E-state index contributed by atoms with van der Waals surface area (Å²) >= 11 is 2.80. The van der Waals surface area contributed by atoms with Crippen LogP contribution in [-0.2, 0) is 9.53 Å². The van der Waals surface area contributed by atoms with Crippen molar-refractivity contribution >= 4 is 39.8 Å². The molecular weight excluding hydrogens is 376 g/mol. The molecule has 0 spiro atoms. The van der Waals surface area contributed by atoms with Crippen LogP contribution in [0, 0.1) is 0 Å². The van der Waals surface area contributed by atoms with Crippen LogP contribution >= 0.6 is 23.1 Å². The number of hydrogen-bond acceptors (Lipinski definition) is 9. The van der Waals surface area contributed by atoms with Gasteiger partial charge >= 0.3 is 0 Å². The Bertz CT molecular complexity index is 779. The molecule has 0 unspecified atom stereocenters. The van der Waals surface area contributed by atoms with Crippen LogP contribution in [0.3, 0.4) is 0 Å².